The Bertz CT molecular complexity index is 214. The van der Waals surface area contributed by atoms with Crippen molar-refractivity contribution in [1.82, 2.24) is 10.2 Å². The molecular weight excluding hydrogens is 202 g/mol. The van der Waals surface area contributed by atoms with Crippen molar-refractivity contribution >= 4 is 5.91 Å². The van der Waals surface area contributed by atoms with Crippen LogP contribution < -0.4 is 11.1 Å². The van der Waals surface area contributed by atoms with Gasteiger partial charge >= 0.3 is 0 Å². The minimum atomic E-state index is -0.337. The summed E-state index contributed by atoms with van der Waals surface area (Å²) in [6.45, 7) is 7.25. The highest BCUT2D eigenvalue weighted by atomic mass is 16.2. The van der Waals surface area contributed by atoms with E-state index in [9.17, 15) is 4.79 Å². The van der Waals surface area contributed by atoms with Gasteiger partial charge in [0.2, 0.25) is 5.91 Å². The summed E-state index contributed by atoms with van der Waals surface area (Å²) in [4.78, 5) is 14.0. The number of carbonyl (C=O) groups excluding carboxylic acids is 1. The largest absolute Gasteiger partial charge is 0.353 e. The van der Waals surface area contributed by atoms with E-state index in [1.165, 1.54) is 12.8 Å². The van der Waals surface area contributed by atoms with Gasteiger partial charge in [-0.1, -0.05) is 13.3 Å². The number of carbonyl (C=O) groups is 1. The summed E-state index contributed by atoms with van der Waals surface area (Å²) in [5, 5.41) is 2.94. The van der Waals surface area contributed by atoms with Gasteiger partial charge in [-0.15, -0.1) is 0 Å². The predicted molar refractivity (Wildman–Crippen MR) is 66.2 cm³/mol. The molecule has 1 aliphatic rings. The van der Waals surface area contributed by atoms with E-state index in [4.69, 9.17) is 5.73 Å². The van der Waals surface area contributed by atoms with E-state index in [0.29, 0.717) is 6.04 Å². The lowest BCUT2D eigenvalue weighted by molar-refractivity contribution is -0.122. The Morgan fingerprint density at radius 3 is 2.62 bits per heavy atom. The molecule has 16 heavy (non-hydrogen) atoms. The molecule has 1 rings (SSSR count). The van der Waals surface area contributed by atoms with Crippen molar-refractivity contribution in [2.75, 3.05) is 19.6 Å². The van der Waals surface area contributed by atoms with Gasteiger partial charge in [-0.2, -0.15) is 0 Å². The van der Waals surface area contributed by atoms with Crippen LogP contribution in [0.2, 0.25) is 0 Å². The number of nitrogens with two attached hydrogens (primary N) is 1. The zero-order chi connectivity index (χ0) is 12.0. The normalized spacial score (nSPS) is 20.7. The third kappa shape index (κ3) is 4.10. The minimum Gasteiger partial charge on any atom is -0.353 e. The molecule has 3 N–H and O–H groups in total. The molecule has 1 fully saturated rings. The molecule has 1 amide bonds. The van der Waals surface area contributed by atoms with Crippen LogP contribution in [0.5, 0.6) is 0 Å². The van der Waals surface area contributed by atoms with Crippen molar-refractivity contribution in [2.45, 2.75) is 51.6 Å². The quantitative estimate of drug-likeness (QED) is 0.703. The molecule has 0 aromatic carbocycles. The first kappa shape index (κ1) is 13.5. The van der Waals surface area contributed by atoms with Gasteiger partial charge < -0.3 is 11.1 Å². The summed E-state index contributed by atoms with van der Waals surface area (Å²) >= 11 is 0. The van der Waals surface area contributed by atoms with E-state index in [2.05, 4.69) is 17.1 Å². The van der Waals surface area contributed by atoms with Crippen LogP contribution in [0.25, 0.3) is 0 Å². The van der Waals surface area contributed by atoms with Gasteiger partial charge in [0.1, 0.15) is 0 Å². The molecule has 0 bridgehead atoms. The zero-order valence-electron chi connectivity index (χ0n) is 10.5. The lowest BCUT2D eigenvalue weighted by Crippen LogP contribution is -2.46. The lowest BCUT2D eigenvalue weighted by atomic mass is 10.1. The van der Waals surface area contributed by atoms with E-state index in [-0.39, 0.29) is 11.9 Å². The molecule has 1 saturated heterocycles. The van der Waals surface area contributed by atoms with Crippen molar-refractivity contribution in [1.29, 1.82) is 0 Å². The van der Waals surface area contributed by atoms with Gasteiger partial charge in [0, 0.05) is 12.6 Å². The van der Waals surface area contributed by atoms with Gasteiger partial charge in [-0.05, 0) is 39.3 Å². The molecule has 1 unspecified atom stereocenters. The van der Waals surface area contributed by atoms with Crippen molar-refractivity contribution in [2.24, 2.45) is 5.73 Å². The maximum Gasteiger partial charge on any atom is 0.236 e. The molecule has 2 atom stereocenters. The van der Waals surface area contributed by atoms with E-state index in [1.807, 2.05) is 6.92 Å². The molecule has 0 aromatic heterocycles. The minimum absolute atomic E-state index is 0.00658. The second kappa shape index (κ2) is 6.86. The van der Waals surface area contributed by atoms with E-state index < -0.39 is 0 Å². The van der Waals surface area contributed by atoms with Gasteiger partial charge in [-0.3, -0.25) is 9.69 Å². The number of nitrogens with zero attached hydrogens (tertiary/aromatic N) is 1. The van der Waals surface area contributed by atoms with Crippen molar-refractivity contribution < 1.29 is 4.79 Å². The Balaban J connectivity index is 2.19. The van der Waals surface area contributed by atoms with Gasteiger partial charge in [0.15, 0.2) is 0 Å². The first-order valence-electron chi connectivity index (χ1n) is 6.42. The summed E-state index contributed by atoms with van der Waals surface area (Å²) < 4.78 is 0. The molecule has 4 heteroatoms. The van der Waals surface area contributed by atoms with E-state index in [1.54, 1.807) is 0 Å². The highest BCUT2D eigenvalue weighted by Gasteiger charge is 2.19. The third-order valence-corrected chi connectivity index (χ3v) is 3.27. The summed E-state index contributed by atoms with van der Waals surface area (Å²) in [5.41, 5.74) is 5.74. The molecule has 0 aromatic rings. The maximum atomic E-state index is 11.6. The van der Waals surface area contributed by atoms with Crippen molar-refractivity contribution in [3.05, 3.63) is 0 Å². The maximum absolute atomic E-state index is 11.6. The summed E-state index contributed by atoms with van der Waals surface area (Å²) in [5.74, 6) is -0.00658. The van der Waals surface area contributed by atoms with Gasteiger partial charge in [-0.25, -0.2) is 0 Å². The molecule has 0 aliphatic carbocycles. The summed E-state index contributed by atoms with van der Waals surface area (Å²) in [7, 11) is 0. The average molecular weight is 227 g/mol. The van der Waals surface area contributed by atoms with Crippen LogP contribution in [-0.2, 0) is 4.79 Å². The Morgan fingerprint density at radius 1 is 1.44 bits per heavy atom. The fraction of sp³-hybridized carbons (Fsp3) is 0.917. The Hall–Kier alpha value is -0.610. The predicted octanol–water partition coefficient (Wildman–Crippen LogP) is 0.714. The van der Waals surface area contributed by atoms with Gasteiger partial charge in [0.05, 0.1) is 6.04 Å². The van der Waals surface area contributed by atoms with E-state index >= 15 is 0 Å². The first-order chi connectivity index (χ1) is 7.65. The SMILES string of the molecule is CCC[C@H](N)C(=O)NCC(C)N1CCCC1. The Kier molecular flexibility index (Phi) is 5.77. The molecule has 0 saturated carbocycles. The standard InChI is InChI=1S/C12H25N3O/c1-3-6-11(13)12(16)14-9-10(2)15-7-4-5-8-15/h10-11H,3-9,13H2,1-2H3,(H,14,16)/t10?,11-/m0/s1. The van der Waals surface area contributed by atoms with Crippen molar-refractivity contribution in [3.63, 3.8) is 0 Å². The molecular formula is C12H25N3O. The first-order valence-corrected chi connectivity index (χ1v) is 6.42. The molecule has 94 valence electrons. The number of nitrogens with one attached hydrogen (secondary N) is 1. The van der Waals surface area contributed by atoms with Crippen LogP contribution in [0.4, 0.5) is 0 Å². The molecule has 0 spiro atoms. The topological polar surface area (TPSA) is 58.4 Å². The van der Waals surface area contributed by atoms with Crippen LogP contribution in [-0.4, -0.2) is 42.5 Å². The summed E-state index contributed by atoms with van der Waals surface area (Å²) in [6.07, 6.45) is 4.29. The number of hydrogen-bond acceptors (Lipinski definition) is 3. The fourth-order valence-corrected chi connectivity index (χ4v) is 2.13. The van der Waals surface area contributed by atoms with Crippen LogP contribution in [0, 0.1) is 0 Å². The monoisotopic (exact) mass is 227 g/mol. The average Bonchev–Trinajstić information content (AvgIpc) is 2.79. The Morgan fingerprint density at radius 2 is 2.06 bits per heavy atom. The Labute approximate surface area is 98.6 Å². The fourth-order valence-electron chi connectivity index (χ4n) is 2.13. The molecule has 1 aliphatic heterocycles. The van der Waals surface area contributed by atoms with Crippen LogP contribution in [0.1, 0.15) is 39.5 Å². The molecule has 0 radical (unpaired) electrons. The number of rotatable bonds is 6. The van der Waals surface area contributed by atoms with E-state index in [0.717, 1.165) is 32.5 Å². The highest BCUT2D eigenvalue weighted by molar-refractivity contribution is 5.81. The highest BCUT2D eigenvalue weighted by Crippen LogP contribution is 2.10. The second-order valence-electron chi connectivity index (χ2n) is 4.73. The number of likely N-dealkylation sites (tertiary alicyclic amines) is 1. The second-order valence-corrected chi connectivity index (χ2v) is 4.73. The van der Waals surface area contributed by atoms with Gasteiger partial charge in [0.25, 0.3) is 0 Å². The number of hydrogen-bond donors (Lipinski definition) is 2. The van der Waals surface area contributed by atoms with Crippen LogP contribution >= 0.6 is 0 Å². The smallest absolute Gasteiger partial charge is 0.236 e. The molecule has 1 heterocycles. The summed E-state index contributed by atoms with van der Waals surface area (Å²) in [6, 6.07) is 0.0936. The molecule has 4 nitrogen and oxygen atoms in total. The number of amides is 1. The lowest BCUT2D eigenvalue weighted by Gasteiger charge is -2.24. The van der Waals surface area contributed by atoms with Crippen molar-refractivity contribution in [3.8, 4) is 0 Å². The van der Waals surface area contributed by atoms with Crippen LogP contribution in [0.15, 0.2) is 0 Å². The third-order valence-electron chi connectivity index (χ3n) is 3.27. The van der Waals surface area contributed by atoms with Crippen LogP contribution in [0.3, 0.4) is 0 Å². The zero-order valence-corrected chi connectivity index (χ0v) is 10.5.